The highest BCUT2D eigenvalue weighted by Gasteiger charge is 2.34. The number of rotatable bonds is 7. The van der Waals surface area contributed by atoms with E-state index in [9.17, 15) is 24.0 Å². The Kier molecular flexibility index (Phi) is 7.73. The molecule has 0 aliphatic carbocycles. The summed E-state index contributed by atoms with van der Waals surface area (Å²) in [4.78, 5) is 66.3. The van der Waals surface area contributed by atoms with Gasteiger partial charge in [0.25, 0.3) is 11.8 Å². The molecule has 1 aliphatic rings. The predicted molar refractivity (Wildman–Crippen MR) is 108 cm³/mol. The van der Waals surface area contributed by atoms with Crippen molar-refractivity contribution >= 4 is 29.8 Å². The molecule has 1 saturated heterocycles. The first kappa shape index (κ1) is 23.8. The maximum atomic E-state index is 13.0. The first-order valence-corrected chi connectivity index (χ1v) is 9.81. The second kappa shape index (κ2) is 10.1. The number of amides is 4. The van der Waals surface area contributed by atoms with Crippen LogP contribution in [0.15, 0.2) is 30.3 Å². The SMILES string of the molecule is CN(CC(=O)ON1C(=O)CCC1=O)C(=O)[C@H](Cc1ccccc1)NC(=O)OC(C)(C)C. The third-order valence-electron chi connectivity index (χ3n) is 4.21. The molecule has 10 heteroatoms. The Bertz CT molecular complexity index is 832. The molecule has 1 atom stereocenters. The van der Waals surface area contributed by atoms with Crippen molar-refractivity contribution in [1.82, 2.24) is 15.3 Å². The molecule has 0 aromatic heterocycles. The quantitative estimate of drug-likeness (QED) is 0.641. The highest BCUT2D eigenvalue weighted by molar-refractivity contribution is 6.01. The van der Waals surface area contributed by atoms with Crippen LogP contribution in [0.2, 0.25) is 0 Å². The van der Waals surface area contributed by atoms with E-state index in [1.54, 1.807) is 45.0 Å². The summed E-state index contributed by atoms with van der Waals surface area (Å²) in [7, 11) is 1.35. The maximum Gasteiger partial charge on any atom is 0.408 e. The van der Waals surface area contributed by atoms with E-state index in [0.29, 0.717) is 5.06 Å². The summed E-state index contributed by atoms with van der Waals surface area (Å²) in [6, 6.07) is 8.02. The Labute approximate surface area is 180 Å². The maximum absolute atomic E-state index is 13.0. The monoisotopic (exact) mass is 433 g/mol. The van der Waals surface area contributed by atoms with E-state index in [2.05, 4.69) is 5.32 Å². The van der Waals surface area contributed by atoms with Gasteiger partial charge >= 0.3 is 12.1 Å². The molecule has 0 radical (unpaired) electrons. The van der Waals surface area contributed by atoms with E-state index in [4.69, 9.17) is 9.57 Å². The normalized spacial score (nSPS) is 14.8. The molecule has 1 fully saturated rings. The van der Waals surface area contributed by atoms with Crippen molar-refractivity contribution in [3.63, 3.8) is 0 Å². The van der Waals surface area contributed by atoms with E-state index >= 15 is 0 Å². The predicted octanol–water partition coefficient (Wildman–Crippen LogP) is 1.19. The third kappa shape index (κ3) is 7.40. The standard InChI is InChI=1S/C21H27N3O7/c1-21(2,3)30-20(29)22-15(12-14-8-6-5-7-9-14)19(28)23(4)13-18(27)31-24-16(25)10-11-17(24)26/h5-9,15H,10-13H2,1-4H3,(H,22,29)/t15-/m0/s1. The molecule has 1 aliphatic heterocycles. The Balaban J connectivity index is 2.05. The summed E-state index contributed by atoms with van der Waals surface area (Å²) >= 11 is 0. The summed E-state index contributed by atoms with van der Waals surface area (Å²) in [6.45, 7) is 4.58. The van der Waals surface area contributed by atoms with Crippen LogP contribution in [-0.4, -0.2) is 65.0 Å². The Morgan fingerprint density at radius 3 is 2.23 bits per heavy atom. The van der Waals surface area contributed by atoms with Gasteiger partial charge in [0.05, 0.1) is 0 Å². The Morgan fingerprint density at radius 1 is 1.10 bits per heavy atom. The number of likely N-dealkylation sites (N-methyl/N-ethyl adjacent to an activating group) is 1. The summed E-state index contributed by atoms with van der Waals surface area (Å²) in [5.41, 5.74) is 0.0377. The fraction of sp³-hybridized carbons (Fsp3) is 0.476. The number of nitrogens with one attached hydrogen (secondary N) is 1. The second-order valence-corrected chi connectivity index (χ2v) is 8.13. The van der Waals surface area contributed by atoms with E-state index in [1.807, 2.05) is 6.07 Å². The lowest BCUT2D eigenvalue weighted by Gasteiger charge is -2.26. The number of ether oxygens (including phenoxy) is 1. The zero-order chi connectivity index (χ0) is 23.2. The van der Waals surface area contributed by atoms with Gasteiger partial charge in [0.1, 0.15) is 18.2 Å². The average molecular weight is 433 g/mol. The molecular weight excluding hydrogens is 406 g/mol. The molecule has 168 valence electrons. The number of hydroxylamine groups is 2. The van der Waals surface area contributed by atoms with E-state index in [0.717, 1.165) is 10.5 Å². The molecule has 10 nitrogen and oxygen atoms in total. The number of nitrogens with zero attached hydrogens (tertiary/aromatic N) is 2. The van der Waals surface area contributed by atoms with Crippen LogP contribution in [0, 0.1) is 0 Å². The molecule has 2 rings (SSSR count). The number of hydrogen-bond donors (Lipinski definition) is 1. The number of hydrogen-bond acceptors (Lipinski definition) is 7. The number of carbonyl (C=O) groups is 5. The van der Waals surface area contributed by atoms with Crippen LogP contribution >= 0.6 is 0 Å². The smallest absolute Gasteiger partial charge is 0.408 e. The first-order chi connectivity index (χ1) is 14.5. The van der Waals surface area contributed by atoms with Crippen molar-refractivity contribution in [2.45, 2.75) is 51.7 Å². The van der Waals surface area contributed by atoms with Gasteiger partial charge in [-0.25, -0.2) is 9.59 Å². The topological polar surface area (TPSA) is 122 Å². The highest BCUT2D eigenvalue weighted by Crippen LogP contribution is 2.13. The third-order valence-corrected chi connectivity index (χ3v) is 4.21. The van der Waals surface area contributed by atoms with Crippen molar-refractivity contribution in [1.29, 1.82) is 0 Å². The number of imide groups is 1. The van der Waals surface area contributed by atoms with Gasteiger partial charge in [0, 0.05) is 26.3 Å². The van der Waals surface area contributed by atoms with Gasteiger partial charge in [0.2, 0.25) is 5.91 Å². The zero-order valence-corrected chi connectivity index (χ0v) is 18.0. The number of benzene rings is 1. The summed E-state index contributed by atoms with van der Waals surface area (Å²) in [6.07, 6.45) is -0.660. The molecule has 31 heavy (non-hydrogen) atoms. The summed E-state index contributed by atoms with van der Waals surface area (Å²) in [5, 5.41) is 2.96. The van der Waals surface area contributed by atoms with Crippen molar-refractivity contribution in [2.24, 2.45) is 0 Å². The van der Waals surface area contributed by atoms with E-state index in [1.165, 1.54) is 7.05 Å². The summed E-state index contributed by atoms with van der Waals surface area (Å²) in [5.74, 6) is -2.73. The van der Waals surface area contributed by atoms with Crippen LogP contribution in [0.1, 0.15) is 39.2 Å². The van der Waals surface area contributed by atoms with Crippen LogP contribution in [-0.2, 0) is 35.2 Å². The van der Waals surface area contributed by atoms with Gasteiger partial charge in [-0.1, -0.05) is 30.3 Å². The molecule has 0 unspecified atom stereocenters. The Morgan fingerprint density at radius 2 is 1.68 bits per heavy atom. The van der Waals surface area contributed by atoms with Crippen LogP contribution < -0.4 is 5.32 Å². The van der Waals surface area contributed by atoms with Crippen molar-refractivity contribution in [2.75, 3.05) is 13.6 Å². The molecule has 0 spiro atoms. The van der Waals surface area contributed by atoms with Gasteiger partial charge < -0.3 is 19.8 Å². The van der Waals surface area contributed by atoms with Gasteiger partial charge in [0.15, 0.2) is 0 Å². The highest BCUT2D eigenvalue weighted by atomic mass is 16.7. The lowest BCUT2D eigenvalue weighted by atomic mass is 10.0. The minimum atomic E-state index is -1.01. The molecular formula is C21H27N3O7. The minimum Gasteiger partial charge on any atom is -0.444 e. The van der Waals surface area contributed by atoms with Crippen LogP contribution in [0.25, 0.3) is 0 Å². The van der Waals surface area contributed by atoms with Gasteiger partial charge in [-0.05, 0) is 26.3 Å². The second-order valence-electron chi connectivity index (χ2n) is 8.13. The minimum absolute atomic E-state index is 0.0279. The van der Waals surface area contributed by atoms with Crippen LogP contribution in [0.5, 0.6) is 0 Å². The molecule has 1 heterocycles. The summed E-state index contributed by atoms with van der Waals surface area (Å²) < 4.78 is 5.24. The fourth-order valence-electron chi connectivity index (χ4n) is 2.83. The molecule has 0 bridgehead atoms. The van der Waals surface area contributed by atoms with Gasteiger partial charge in [-0.2, -0.15) is 0 Å². The molecule has 0 saturated carbocycles. The molecule has 1 aromatic carbocycles. The van der Waals surface area contributed by atoms with Crippen LogP contribution in [0.3, 0.4) is 0 Å². The average Bonchev–Trinajstić information content (AvgIpc) is 2.98. The lowest BCUT2D eigenvalue weighted by molar-refractivity contribution is -0.198. The molecule has 1 N–H and O–H groups in total. The van der Waals surface area contributed by atoms with Crippen LogP contribution in [0.4, 0.5) is 4.79 Å². The molecule has 1 aromatic rings. The van der Waals surface area contributed by atoms with Crippen molar-refractivity contribution in [3.05, 3.63) is 35.9 Å². The van der Waals surface area contributed by atoms with Gasteiger partial charge in [-0.3, -0.25) is 14.4 Å². The van der Waals surface area contributed by atoms with Crippen molar-refractivity contribution in [3.8, 4) is 0 Å². The van der Waals surface area contributed by atoms with E-state index in [-0.39, 0.29) is 19.3 Å². The first-order valence-electron chi connectivity index (χ1n) is 9.81. The number of carbonyl (C=O) groups excluding carboxylic acids is 5. The molecule has 4 amide bonds. The zero-order valence-electron chi connectivity index (χ0n) is 18.0. The largest absolute Gasteiger partial charge is 0.444 e. The fourth-order valence-corrected chi connectivity index (χ4v) is 2.83. The Hall–Kier alpha value is -3.43. The van der Waals surface area contributed by atoms with Crippen molar-refractivity contribution < 1.29 is 33.5 Å². The van der Waals surface area contributed by atoms with E-state index < -0.39 is 48.0 Å². The van der Waals surface area contributed by atoms with Gasteiger partial charge in [-0.15, -0.1) is 5.06 Å². The number of alkyl carbamates (subject to hydrolysis) is 1. The lowest BCUT2D eigenvalue weighted by Crippen LogP contribution is -2.51.